The van der Waals surface area contributed by atoms with E-state index in [4.69, 9.17) is 0 Å². The van der Waals surface area contributed by atoms with E-state index in [9.17, 15) is 9.50 Å². The molecule has 0 aliphatic heterocycles. The van der Waals surface area contributed by atoms with Gasteiger partial charge in [-0.15, -0.1) is 0 Å². The average Bonchev–Trinajstić information content (AvgIpc) is 2.22. The van der Waals surface area contributed by atoms with Crippen molar-refractivity contribution in [3.8, 4) is 0 Å². The van der Waals surface area contributed by atoms with E-state index in [0.29, 0.717) is 16.5 Å². The van der Waals surface area contributed by atoms with Gasteiger partial charge in [-0.1, -0.05) is 38.3 Å². The molecule has 1 atom stereocenters. The van der Waals surface area contributed by atoms with E-state index in [1.165, 1.54) is 6.07 Å². The zero-order valence-corrected chi connectivity index (χ0v) is 10.4. The summed E-state index contributed by atoms with van der Waals surface area (Å²) < 4.78 is 13.6. The van der Waals surface area contributed by atoms with Gasteiger partial charge in [-0.05, 0) is 34.0 Å². The standard InChI is InChI=1S/C12H16BrFO/c1-2-3-4-8-11(15)9-6-5-7-10(14)12(9)13/h5-7,11,15H,2-4,8H2,1H3. The van der Waals surface area contributed by atoms with Crippen LogP contribution < -0.4 is 0 Å². The Kier molecular flexibility index (Phi) is 5.26. The van der Waals surface area contributed by atoms with E-state index in [-0.39, 0.29) is 5.82 Å². The molecule has 0 aromatic heterocycles. The first-order valence-corrected chi connectivity index (χ1v) is 6.08. The first-order chi connectivity index (χ1) is 7.16. The van der Waals surface area contributed by atoms with Crippen molar-refractivity contribution >= 4 is 15.9 Å². The van der Waals surface area contributed by atoms with Gasteiger partial charge in [-0.3, -0.25) is 0 Å². The molecule has 0 fully saturated rings. The second kappa shape index (κ2) is 6.23. The molecular formula is C12H16BrFO. The Labute approximate surface area is 98.4 Å². The number of hydrogen-bond acceptors (Lipinski definition) is 1. The highest BCUT2D eigenvalue weighted by Crippen LogP contribution is 2.28. The van der Waals surface area contributed by atoms with E-state index >= 15 is 0 Å². The molecule has 0 bridgehead atoms. The maximum atomic E-state index is 13.2. The number of benzene rings is 1. The van der Waals surface area contributed by atoms with Crippen LogP contribution in [0.15, 0.2) is 22.7 Å². The van der Waals surface area contributed by atoms with Gasteiger partial charge in [0.25, 0.3) is 0 Å². The summed E-state index contributed by atoms with van der Waals surface area (Å²) in [4.78, 5) is 0. The molecule has 0 aliphatic rings. The molecule has 1 unspecified atom stereocenters. The zero-order valence-electron chi connectivity index (χ0n) is 8.84. The van der Waals surface area contributed by atoms with Crippen molar-refractivity contribution < 1.29 is 9.50 Å². The van der Waals surface area contributed by atoms with Crippen LogP contribution in [-0.2, 0) is 0 Å². The van der Waals surface area contributed by atoms with Crippen molar-refractivity contribution in [2.24, 2.45) is 0 Å². The Morgan fingerprint density at radius 3 is 2.80 bits per heavy atom. The van der Waals surface area contributed by atoms with Crippen LogP contribution >= 0.6 is 15.9 Å². The number of aliphatic hydroxyl groups is 1. The van der Waals surface area contributed by atoms with Crippen LogP contribution in [0.25, 0.3) is 0 Å². The minimum atomic E-state index is -0.568. The predicted molar refractivity (Wildman–Crippen MR) is 63.2 cm³/mol. The third kappa shape index (κ3) is 3.58. The Morgan fingerprint density at radius 1 is 1.40 bits per heavy atom. The third-order valence-electron chi connectivity index (χ3n) is 2.42. The molecule has 0 aliphatic carbocycles. The minimum absolute atomic E-state index is 0.318. The van der Waals surface area contributed by atoms with E-state index < -0.39 is 6.10 Å². The molecule has 0 radical (unpaired) electrons. The van der Waals surface area contributed by atoms with Crippen LogP contribution in [0, 0.1) is 5.82 Å². The number of unbranched alkanes of at least 4 members (excludes halogenated alkanes) is 2. The van der Waals surface area contributed by atoms with Gasteiger partial charge in [0.2, 0.25) is 0 Å². The molecule has 0 saturated heterocycles. The fourth-order valence-corrected chi connectivity index (χ4v) is 2.05. The summed E-state index contributed by atoms with van der Waals surface area (Å²) in [6.07, 6.45) is 3.32. The lowest BCUT2D eigenvalue weighted by atomic mass is 10.0. The molecule has 1 rings (SSSR count). The number of aliphatic hydroxyl groups excluding tert-OH is 1. The maximum Gasteiger partial charge on any atom is 0.137 e. The molecule has 0 amide bonds. The van der Waals surface area contributed by atoms with E-state index in [2.05, 4.69) is 22.9 Å². The lowest BCUT2D eigenvalue weighted by Crippen LogP contribution is -1.99. The monoisotopic (exact) mass is 274 g/mol. The van der Waals surface area contributed by atoms with Gasteiger partial charge in [0.15, 0.2) is 0 Å². The summed E-state index contributed by atoms with van der Waals surface area (Å²) >= 11 is 3.15. The smallest absolute Gasteiger partial charge is 0.137 e. The Morgan fingerprint density at radius 2 is 2.13 bits per heavy atom. The third-order valence-corrected chi connectivity index (χ3v) is 3.26. The van der Waals surface area contributed by atoms with Crippen LogP contribution in [0.3, 0.4) is 0 Å². The topological polar surface area (TPSA) is 20.2 Å². The van der Waals surface area contributed by atoms with E-state index in [1.54, 1.807) is 12.1 Å². The lowest BCUT2D eigenvalue weighted by Gasteiger charge is -2.12. The molecule has 1 N–H and O–H groups in total. The van der Waals surface area contributed by atoms with Crippen LogP contribution in [0.2, 0.25) is 0 Å². The normalized spacial score (nSPS) is 12.8. The highest BCUT2D eigenvalue weighted by atomic mass is 79.9. The predicted octanol–water partition coefficient (Wildman–Crippen LogP) is 4.20. The molecule has 1 aromatic carbocycles. The molecule has 0 heterocycles. The Bertz CT molecular complexity index is 314. The van der Waals surface area contributed by atoms with Gasteiger partial charge in [0.05, 0.1) is 10.6 Å². The molecule has 0 saturated carbocycles. The van der Waals surface area contributed by atoms with Gasteiger partial charge in [0, 0.05) is 0 Å². The fraction of sp³-hybridized carbons (Fsp3) is 0.500. The highest BCUT2D eigenvalue weighted by Gasteiger charge is 2.13. The molecule has 15 heavy (non-hydrogen) atoms. The summed E-state index contributed by atoms with van der Waals surface area (Å²) in [5.74, 6) is -0.318. The van der Waals surface area contributed by atoms with Crippen LogP contribution in [0.1, 0.15) is 44.3 Å². The SMILES string of the molecule is CCCCCC(O)c1cccc(F)c1Br. The van der Waals surface area contributed by atoms with Crippen molar-refractivity contribution in [3.05, 3.63) is 34.1 Å². The molecule has 1 aromatic rings. The molecular weight excluding hydrogens is 259 g/mol. The van der Waals surface area contributed by atoms with Crippen LogP contribution in [0.4, 0.5) is 4.39 Å². The maximum absolute atomic E-state index is 13.2. The van der Waals surface area contributed by atoms with Gasteiger partial charge >= 0.3 is 0 Å². The largest absolute Gasteiger partial charge is 0.388 e. The Balaban J connectivity index is 2.65. The lowest BCUT2D eigenvalue weighted by molar-refractivity contribution is 0.162. The zero-order chi connectivity index (χ0) is 11.3. The van der Waals surface area contributed by atoms with Gasteiger partial charge in [-0.25, -0.2) is 4.39 Å². The second-order valence-electron chi connectivity index (χ2n) is 3.65. The number of halogens is 2. The van der Waals surface area contributed by atoms with E-state index in [0.717, 1.165) is 19.3 Å². The number of rotatable bonds is 5. The van der Waals surface area contributed by atoms with Crippen molar-refractivity contribution in [3.63, 3.8) is 0 Å². The van der Waals surface area contributed by atoms with E-state index in [1.807, 2.05) is 0 Å². The van der Waals surface area contributed by atoms with Gasteiger partial charge in [-0.2, -0.15) is 0 Å². The van der Waals surface area contributed by atoms with Crippen LogP contribution in [0.5, 0.6) is 0 Å². The summed E-state index contributed by atoms with van der Waals surface area (Å²) in [6, 6.07) is 4.76. The van der Waals surface area contributed by atoms with Gasteiger partial charge in [0.1, 0.15) is 5.82 Å². The van der Waals surface area contributed by atoms with Crippen LogP contribution in [-0.4, -0.2) is 5.11 Å². The summed E-state index contributed by atoms with van der Waals surface area (Å²) in [6.45, 7) is 2.12. The highest BCUT2D eigenvalue weighted by molar-refractivity contribution is 9.10. The van der Waals surface area contributed by atoms with Crippen molar-refractivity contribution in [2.45, 2.75) is 38.7 Å². The number of hydrogen-bond donors (Lipinski definition) is 1. The molecule has 0 spiro atoms. The van der Waals surface area contributed by atoms with Gasteiger partial charge < -0.3 is 5.11 Å². The quantitative estimate of drug-likeness (QED) is 0.798. The second-order valence-corrected chi connectivity index (χ2v) is 4.45. The molecule has 3 heteroatoms. The van der Waals surface area contributed by atoms with Crippen molar-refractivity contribution in [1.82, 2.24) is 0 Å². The summed E-state index contributed by atoms with van der Waals surface area (Å²) in [5.41, 5.74) is 0.645. The summed E-state index contributed by atoms with van der Waals surface area (Å²) in [5, 5.41) is 9.86. The summed E-state index contributed by atoms with van der Waals surface area (Å²) in [7, 11) is 0. The fourth-order valence-electron chi connectivity index (χ4n) is 1.52. The van der Waals surface area contributed by atoms with Crippen molar-refractivity contribution in [2.75, 3.05) is 0 Å². The first-order valence-electron chi connectivity index (χ1n) is 5.28. The molecule has 1 nitrogen and oxygen atoms in total. The first kappa shape index (κ1) is 12.7. The average molecular weight is 275 g/mol. The Hall–Kier alpha value is -0.410. The van der Waals surface area contributed by atoms with Crippen molar-refractivity contribution in [1.29, 1.82) is 0 Å². The minimum Gasteiger partial charge on any atom is -0.388 e. The molecule has 84 valence electrons.